The third-order valence-electron chi connectivity index (χ3n) is 3.24. The van der Waals surface area contributed by atoms with Crippen LogP contribution in [-0.4, -0.2) is 33.9 Å². The zero-order valence-corrected chi connectivity index (χ0v) is 11.5. The first-order chi connectivity index (χ1) is 9.69. The van der Waals surface area contributed by atoms with E-state index < -0.39 is 0 Å². The van der Waals surface area contributed by atoms with Gasteiger partial charge < -0.3 is 10.1 Å². The summed E-state index contributed by atoms with van der Waals surface area (Å²) in [5.41, 5.74) is 1.22. The van der Waals surface area contributed by atoms with Crippen LogP contribution in [0.4, 0.5) is 5.82 Å². The number of anilines is 1. The Balaban J connectivity index is 2.00. The molecule has 20 heavy (non-hydrogen) atoms. The fourth-order valence-electron chi connectivity index (χ4n) is 1.97. The maximum atomic E-state index is 11.6. The summed E-state index contributed by atoms with van der Waals surface area (Å²) in [5.74, 6) is 1.36. The number of nitrogens with zero attached hydrogens (tertiary/aromatic N) is 3. The summed E-state index contributed by atoms with van der Waals surface area (Å²) in [6, 6.07) is 7.89. The number of carbonyl (C=O) groups excluding carboxylic acids is 1. The molecule has 6 nitrogen and oxygen atoms in total. The highest BCUT2D eigenvalue weighted by atomic mass is 16.5. The number of ether oxygens (including phenoxy) is 1. The van der Waals surface area contributed by atoms with Gasteiger partial charge in [0.05, 0.1) is 12.8 Å². The number of carbonyl (C=O) groups is 1. The first-order valence-electron chi connectivity index (χ1n) is 6.56. The van der Waals surface area contributed by atoms with Crippen molar-refractivity contribution in [1.29, 1.82) is 0 Å². The van der Waals surface area contributed by atoms with E-state index in [0.717, 1.165) is 24.3 Å². The molecule has 6 heteroatoms. The Hall–Kier alpha value is -2.37. The molecule has 1 heterocycles. The Bertz CT molecular complexity index is 629. The highest BCUT2D eigenvalue weighted by Crippen LogP contribution is 2.28. The summed E-state index contributed by atoms with van der Waals surface area (Å²) in [4.78, 5) is 11.6. The molecule has 1 aromatic carbocycles. The minimum Gasteiger partial charge on any atom is -0.497 e. The lowest BCUT2D eigenvalue weighted by Crippen LogP contribution is -2.10. The zero-order valence-electron chi connectivity index (χ0n) is 11.5. The second-order valence-corrected chi connectivity index (χ2v) is 4.87. The molecule has 104 valence electrons. The molecule has 1 N–H and O–H groups in total. The number of hydrogen-bond acceptors (Lipinski definition) is 5. The van der Waals surface area contributed by atoms with Gasteiger partial charge >= 0.3 is 0 Å². The lowest BCUT2D eigenvalue weighted by atomic mass is 10.3. The van der Waals surface area contributed by atoms with Crippen LogP contribution >= 0.6 is 0 Å². The van der Waals surface area contributed by atoms with Crippen molar-refractivity contribution in [3.05, 3.63) is 30.0 Å². The van der Waals surface area contributed by atoms with Crippen molar-refractivity contribution in [1.82, 2.24) is 15.0 Å². The van der Waals surface area contributed by atoms with Gasteiger partial charge in [-0.3, -0.25) is 4.79 Å². The molecule has 3 rings (SSSR count). The van der Waals surface area contributed by atoms with Crippen LogP contribution in [0.15, 0.2) is 24.3 Å². The van der Waals surface area contributed by atoms with Gasteiger partial charge in [-0.2, -0.15) is 4.68 Å². The number of Topliss-reactive ketones (excluding diaryl/α,β-unsaturated/α-hetero) is 1. The molecule has 0 spiro atoms. The van der Waals surface area contributed by atoms with Crippen molar-refractivity contribution in [2.24, 2.45) is 0 Å². The van der Waals surface area contributed by atoms with Crippen molar-refractivity contribution >= 4 is 11.6 Å². The third kappa shape index (κ3) is 2.36. The maximum absolute atomic E-state index is 11.6. The Labute approximate surface area is 116 Å². The first kappa shape index (κ1) is 12.7. The smallest absolute Gasteiger partial charge is 0.183 e. The van der Waals surface area contributed by atoms with Gasteiger partial charge in [0.2, 0.25) is 0 Å². The van der Waals surface area contributed by atoms with Crippen molar-refractivity contribution in [3.63, 3.8) is 0 Å². The number of aromatic nitrogens is 3. The number of benzene rings is 1. The van der Waals surface area contributed by atoms with Gasteiger partial charge in [-0.1, -0.05) is 5.21 Å². The molecule has 0 bridgehead atoms. The largest absolute Gasteiger partial charge is 0.497 e. The van der Waals surface area contributed by atoms with Gasteiger partial charge in [-0.05, 0) is 37.1 Å². The summed E-state index contributed by atoms with van der Waals surface area (Å²) in [6.07, 6.45) is 2.23. The Morgan fingerprint density at radius 2 is 2.05 bits per heavy atom. The standard InChI is InChI=1S/C14H16N4O2/c1-9(19)13-14(15-10-3-4-10)18(17-16-13)11-5-7-12(20-2)8-6-11/h5-8,10,15H,3-4H2,1-2H3. The van der Waals surface area contributed by atoms with Crippen LogP contribution < -0.4 is 10.1 Å². The minimum absolute atomic E-state index is 0.0899. The van der Waals surface area contributed by atoms with Crippen LogP contribution in [0.25, 0.3) is 5.69 Å². The summed E-state index contributed by atoms with van der Waals surface area (Å²) in [7, 11) is 1.62. The fraction of sp³-hybridized carbons (Fsp3) is 0.357. The molecule has 1 fully saturated rings. The van der Waals surface area contributed by atoms with E-state index in [0.29, 0.717) is 17.6 Å². The second-order valence-electron chi connectivity index (χ2n) is 4.87. The van der Waals surface area contributed by atoms with E-state index in [9.17, 15) is 4.79 Å². The third-order valence-corrected chi connectivity index (χ3v) is 3.24. The lowest BCUT2D eigenvalue weighted by Gasteiger charge is -2.09. The van der Waals surface area contributed by atoms with Gasteiger partial charge in [0.25, 0.3) is 0 Å². The fourth-order valence-corrected chi connectivity index (χ4v) is 1.97. The molecule has 0 unspecified atom stereocenters. The Morgan fingerprint density at radius 3 is 2.60 bits per heavy atom. The molecular formula is C14H16N4O2. The van der Waals surface area contributed by atoms with Crippen LogP contribution in [0, 0.1) is 0 Å². The molecule has 0 atom stereocenters. The summed E-state index contributed by atoms with van der Waals surface area (Å²) in [5, 5.41) is 11.4. The van der Waals surface area contributed by atoms with Crippen LogP contribution in [-0.2, 0) is 0 Å². The summed E-state index contributed by atoms with van der Waals surface area (Å²) in [6.45, 7) is 1.50. The molecular weight excluding hydrogens is 256 g/mol. The van der Waals surface area contributed by atoms with Crippen LogP contribution in [0.1, 0.15) is 30.3 Å². The predicted molar refractivity (Wildman–Crippen MR) is 74.6 cm³/mol. The summed E-state index contributed by atoms with van der Waals surface area (Å²) < 4.78 is 6.80. The van der Waals surface area contributed by atoms with Crippen molar-refractivity contribution in [2.45, 2.75) is 25.8 Å². The average molecular weight is 272 g/mol. The number of methoxy groups -OCH3 is 1. The Morgan fingerprint density at radius 1 is 1.35 bits per heavy atom. The van der Waals surface area contributed by atoms with Gasteiger partial charge in [-0.15, -0.1) is 5.10 Å². The van der Waals surface area contributed by atoms with Crippen molar-refractivity contribution in [3.8, 4) is 11.4 Å². The minimum atomic E-state index is -0.0899. The Kier molecular flexibility index (Phi) is 3.14. The number of ketones is 1. The molecule has 1 aromatic heterocycles. The van der Waals surface area contributed by atoms with Crippen LogP contribution in [0.5, 0.6) is 5.75 Å². The van der Waals surface area contributed by atoms with Gasteiger partial charge in [0.15, 0.2) is 17.3 Å². The molecule has 0 saturated heterocycles. The number of hydrogen-bond donors (Lipinski definition) is 1. The van der Waals surface area contributed by atoms with E-state index in [1.165, 1.54) is 6.92 Å². The predicted octanol–water partition coefficient (Wildman–Crippen LogP) is 2.05. The lowest BCUT2D eigenvalue weighted by molar-refractivity contribution is 0.101. The number of rotatable bonds is 5. The highest BCUT2D eigenvalue weighted by Gasteiger charge is 2.26. The van der Waals surface area contributed by atoms with Crippen molar-refractivity contribution < 1.29 is 9.53 Å². The van der Waals surface area contributed by atoms with Crippen molar-refractivity contribution in [2.75, 3.05) is 12.4 Å². The second kappa shape index (κ2) is 4.96. The van der Waals surface area contributed by atoms with Crippen LogP contribution in [0.3, 0.4) is 0 Å². The molecule has 1 aliphatic rings. The normalized spacial score (nSPS) is 14.1. The monoisotopic (exact) mass is 272 g/mol. The SMILES string of the molecule is COc1ccc(-n2nnc(C(C)=O)c2NC2CC2)cc1. The molecule has 1 saturated carbocycles. The van der Waals surface area contributed by atoms with Gasteiger partial charge in [0, 0.05) is 13.0 Å². The van der Waals surface area contributed by atoms with E-state index in [1.54, 1.807) is 11.8 Å². The van der Waals surface area contributed by atoms with Gasteiger partial charge in [-0.25, -0.2) is 0 Å². The van der Waals surface area contributed by atoms with E-state index in [4.69, 9.17) is 4.74 Å². The summed E-state index contributed by atoms with van der Waals surface area (Å²) >= 11 is 0. The van der Waals surface area contributed by atoms with E-state index in [-0.39, 0.29) is 5.78 Å². The van der Waals surface area contributed by atoms with Gasteiger partial charge in [0.1, 0.15) is 5.75 Å². The van der Waals surface area contributed by atoms with E-state index in [2.05, 4.69) is 15.6 Å². The zero-order chi connectivity index (χ0) is 14.1. The van der Waals surface area contributed by atoms with E-state index >= 15 is 0 Å². The molecule has 0 radical (unpaired) electrons. The first-order valence-corrected chi connectivity index (χ1v) is 6.56. The van der Waals surface area contributed by atoms with E-state index in [1.807, 2.05) is 24.3 Å². The molecule has 1 aliphatic carbocycles. The topological polar surface area (TPSA) is 69.0 Å². The average Bonchev–Trinajstić information content (AvgIpc) is 3.16. The maximum Gasteiger partial charge on any atom is 0.183 e. The molecule has 0 amide bonds. The number of nitrogens with one attached hydrogen (secondary N) is 1. The molecule has 2 aromatic rings. The molecule has 0 aliphatic heterocycles. The highest BCUT2D eigenvalue weighted by molar-refractivity contribution is 5.97. The van der Waals surface area contributed by atoms with Crippen LogP contribution in [0.2, 0.25) is 0 Å². The quantitative estimate of drug-likeness (QED) is 0.844.